The largest absolute Gasteiger partial charge is 0.494 e. The smallest absolute Gasteiger partial charge is 0.312 e. The molecule has 3 aromatic carbocycles. The van der Waals surface area contributed by atoms with Crippen LogP contribution >= 0.6 is 0 Å². The number of rotatable bonds is 9. The van der Waals surface area contributed by atoms with E-state index in [0.717, 1.165) is 60.9 Å². The number of hydrogen-bond donors (Lipinski definition) is 2. The molecule has 2 fully saturated rings. The Morgan fingerprint density at radius 2 is 1.70 bits per heavy atom. The minimum atomic E-state index is -0.520. The average molecular weight is 597 g/mol. The van der Waals surface area contributed by atoms with E-state index in [4.69, 9.17) is 4.74 Å². The maximum Gasteiger partial charge on any atom is 0.312 e. The first-order valence-electron chi connectivity index (χ1n) is 15.7. The second-order valence-electron chi connectivity index (χ2n) is 13.7. The van der Waals surface area contributed by atoms with E-state index < -0.39 is 11.0 Å². The highest BCUT2D eigenvalue weighted by Gasteiger charge is 2.52. The SMILES string of the molecule is CC(C)(C)OC(=O)C1(Cc2cccc(NC(=O)[C@@H](c3ccc(Cn4cc5c(F)cccc5c4O)cc3)C3CCCC3)c2)CC1. The predicted octanol–water partition coefficient (Wildman–Crippen LogP) is 8.11. The van der Waals surface area contributed by atoms with Crippen molar-refractivity contribution >= 4 is 28.3 Å². The molecule has 2 saturated carbocycles. The normalized spacial score (nSPS) is 17.0. The number of nitrogens with zero attached hydrogens (tertiary/aromatic N) is 1. The van der Waals surface area contributed by atoms with Crippen molar-refractivity contribution in [2.75, 3.05) is 5.32 Å². The van der Waals surface area contributed by atoms with Crippen LogP contribution in [0.1, 0.15) is 81.9 Å². The number of fused-ring (bicyclic) bond motifs is 1. The lowest BCUT2D eigenvalue weighted by Gasteiger charge is -2.24. The van der Waals surface area contributed by atoms with E-state index in [9.17, 15) is 19.1 Å². The number of aromatic hydroxyl groups is 1. The highest BCUT2D eigenvalue weighted by Crippen LogP contribution is 2.50. The lowest BCUT2D eigenvalue weighted by molar-refractivity contribution is -0.161. The van der Waals surface area contributed by atoms with Crippen molar-refractivity contribution < 1.29 is 23.8 Å². The molecule has 1 aromatic heterocycles. The van der Waals surface area contributed by atoms with Crippen LogP contribution in [0.5, 0.6) is 5.88 Å². The first kappa shape index (κ1) is 29.9. The lowest BCUT2D eigenvalue weighted by atomic mass is 9.83. The number of carbonyl (C=O) groups is 2. The van der Waals surface area contributed by atoms with E-state index >= 15 is 0 Å². The van der Waals surface area contributed by atoms with Crippen molar-refractivity contribution in [3.63, 3.8) is 0 Å². The standard InChI is InChI=1S/C37H41FN2O4/c1-36(2,3)44-35(43)37(18-19-37)21-25-8-6-11-28(20-25)39-33(41)32(26-9-4-5-10-26)27-16-14-24(15-17-27)22-40-23-30-29(34(40)42)12-7-13-31(30)38/h6-8,11-17,20,23,26,32,42H,4-5,9-10,18-19,21-22H2,1-3H3,(H,39,41)/t32-/m1/s1. The molecule has 0 bridgehead atoms. The Bertz CT molecular complexity index is 1670. The Labute approximate surface area is 258 Å². The van der Waals surface area contributed by atoms with Gasteiger partial charge in [0.1, 0.15) is 11.4 Å². The molecule has 1 heterocycles. The second kappa shape index (κ2) is 11.8. The van der Waals surface area contributed by atoms with Crippen LogP contribution in [0.2, 0.25) is 0 Å². The summed E-state index contributed by atoms with van der Waals surface area (Å²) in [7, 11) is 0. The molecule has 230 valence electrons. The third kappa shape index (κ3) is 6.37. The molecule has 1 amide bonds. The summed E-state index contributed by atoms with van der Waals surface area (Å²) in [5.74, 6) is -0.529. The van der Waals surface area contributed by atoms with Gasteiger partial charge in [-0.05, 0) is 99.7 Å². The van der Waals surface area contributed by atoms with E-state index in [1.54, 1.807) is 22.9 Å². The van der Waals surface area contributed by atoms with Crippen molar-refractivity contribution in [1.82, 2.24) is 4.57 Å². The number of esters is 1. The lowest BCUT2D eigenvalue weighted by Crippen LogP contribution is -2.30. The van der Waals surface area contributed by atoms with Gasteiger partial charge in [0.05, 0.1) is 17.9 Å². The van der Waals surface area contributed by atoms with Gasteiger partial charge >= 0.3 is 5.97 Å². The molecule has 0 saturated heterocycles. The molecule has 0 unspecified atom stereocenters. The van der Waals surface area contributed by atoms with Gasteiger partial charge < -0.3 is 19.7 Å². The van der Waals surface area contributed by atoms with Crippen molar-refractivity contribution in [2.45, 2.75) is 83.8 Å². The maximum atomic E-state index is 14.2. The van der Waals surface area contributed by atoms with Crippen LogP contribution in [0, 0.1) is 17.2 Å². The van der Waals surface area contributed by atoms with Gasteiger partial charge in [-0.2, -0.15) is 0 Å². The summed E-state index contributed by atoms with van der Waals surface area (Å²) in [6.07, 6.45) is 8.11. The van der Waals surface area contributed by atoms with E-state index in [0.29, 0.717) is 23.7 Å². The molecule has 2 N–H and O–H groups in total. The fraction of sp³-hybridized carbons (Fsp3) is 0.405. The number of ether oxygens (including phenoxy) is 1. The topological polar surface area (TPSA) is 80.6 Å². The number of aromatic nitrogens is 1. The number of hydrogen-bond acceptors (Lipinski definition) is 4. The molecular weight excluding hydrogens is 555 g/mol. The monoisotopic (exact) mass is 596 g/mol. The Balaban J connectivity index is 1.17. The van der Waals surface area contributed by atoms with Gasteiger partial charge in [0.25, 0.3) is 0 Å². The Hall–Kier alpha value is -4.13. The van der Waals surface area contributed by atoms with Crippen molar-refractivity contribution in [1.29, 1.82) is 0 Å². The summed E-state index contributed by atoms with van der Waals surface area (Å²) < 4.78 is 21.6. The third-order valence-electron chi connectivity index (χ3n) is 9.12. The summed E-state index contributed by atoms with van der Waals surface area (Å²) in [6, 6.07) is 20.5. The zero-order valence-electron chi connectivity index (χ0n) is 25.7. The van der Waals surface area contributed by atoms with E-state index in [1.807, 2.05) is 69.3 Å². The van der Waals surface area contributed by atoms with Crippen LogP contribution in [0.3, 0.4) is 0 Å². The van der Waals surface area contributed by atoms with Gasteiger partial charge in [-0.3, -0.25) is 9.59 Å². The summed E-state index contributed by atoms with van der Waals surface area (Å²) in [4.78, 5) is 26.7. The Morgan fingerprint density at radius 3 is 2.36 bits per heavy atom. The molecule has 0 radical (unpaired) electrons. The number of carbonyl (C=O) groups excluding carboxylic acids is 2. The first-order chi connectivity index (χ1) is 21.0. The van der Waals surface area contributed by atoms with Crippen molar-refractivity contribution in [2.24, 2.45) is 11.3 Å². The molecule has 44 heavy (non-hydrogen) atoms. The Kier molecular flexibility index (Phi) is 7.99. The number of amides is 1. The minimum absolute atomic E-state index is 0.0279. The maximum absolute atomic E-state index is 14.2. The van der Waals surface area contributed by atoms with E-state index in [2.05, 4.69) is 5.32 Å². The van der Waals surface area contributed by atoms with Crippen molar-refractivity contribution in [3.8, 4) is 5.88 Å². The molecule has 2 aliphatic carbocycles. The van der Waals surface area contributed by atoms with Crippen LogP contribution < -0.4 is 5.32 Å². The van der Waals surface area contributed by atoms with Gasteiger partial charge in [-0.25, -0.2) is 4.39 Å². The number of nitrogens with one attached hydrogen (secondary N) is 1. The molecule has 6 nitrogen and oxygen atoms in total. The van der Waals surface area contributed by atoms with Gasteiger partial charge in [0.15, 0.2) is 5.88 Å². The number of halogens is 1. The highest BCUT2D eigenvalue weighted by atomic mass is 19.1. The molecule has 6 rings (SSSR count). The zero-order valence-corrected chi connectivity index (χ0v) is 25.7. The number of benzene rings is 3. The van der Waals surface area contributed by atoms with Crippen LogP contribution in [0.25, 0.3) is 10.8 Å². The molecular formula is C37H41FN2O4. The summed E-state index contributed by atoms with van der Waals surface area (Å²) in [5, 5.41) is 14.7. The summed E-state index contributed by atoms with van der Waals surface area (Å²) in [6.45, 7) is 6.06. The molecule has 2 aliphatic rings. The van der Waals surface area contributed by atoms with E-state index in [-0.39, 0.29) is 35.4 Å². The number of anilines is 1. The average Bonchev–Trinajstić information content (AvgIpc) is 3.41. The van der Waals surface area contributed by atoms with Crippen LogP contribution in [-0.2, 0) is 27.3 Å². The third-order valence-corrected chi connectivity index (χ3v) is 9.12. The molecule has 7 heteroatoms. The molecule has 4 aromatic rings. The van der Waals surface area contributed by atoms with Gasteiger partial charge in [0.2, 0.25) is 5.91 Å². The predicted molar refractivity (Wildman–Crippen MR) is 170 cm³/mol. The fourth-order valence-electron chi connectivity index (χ4n) is 6.67. The van der Waals surface area contributed by atoms with Crippen LogP contribution in [0.15, 0.2) is 72.9 Å². The van der Waals surface area contributed by atoms with Gasteiger partial charge in [0, 0.05) is 22.7 Å². The quantitative estimate of drug-likeness (QED) is 0.191. The minimum Gasteiger partial charge on any atom is -0.494 e. The van der Waals surface area contributed by atoms with Gasteiger partial charge in [-0.15, -0.1) is 0 Å². The van der Waals surface area contributed by atoms with Crippen molar-refractivity contribution in [3.05, 3.63) is 95.4 Å². The Morgan fingerprint density at radius 1 is 1.00 bits per heavy atom. The first-order valence-corrected chi connectivity index (χ1v) is 15.7. The highest BCUT2D eigenvalue weighted by molar-refractivity contribution is 5.96. The summed E-state index contributed by atoms with van der Waals surface area (Å²) in [5.41, 5.74) is 2.66. The fourth-order valence-corrected chi connectivity index (χ4v) is 6.67. The molecule has 0 aliphatic heterocycles. The molecule has 0 spiro atoms. The molecule has 1 atom stereocenters. The summed E-state index contributed by atoms with van der Waals surface area (Å²) >= 11 is 0. The van der Waals surface area contributed by atoms with E-state index in [1.165, 1.54) is 6.07 Å². The van der Waals surface area contributed by atoms with Gasteiger partial charge in [-0.1, -0.05) is 55.3 Å². The van der Waals surface area contributed by atoms with Crippen LogP contribution in [0.4, 0.5) is 10.1 Å². The zero-order chi connectivity index (χ0) is 31.1. The second-order valence-corrected chi connectivity index (χ2v) is 13.7. The van der Waals surface area contributed by atoms with Crippen LogP contribution in [-0.4, -0.2) is 27.2 Å².